The number of fused-ring (bicyclic) bond motifs is 1. The zero-order valence-electron chi connectivity index (χ0n) is 11.9. The Kier molecular flexibility index (Phi) is 5.56. The van der Waals surface area contributed by atoms with E-state index in [1.165, 1.54) is 22.0 Å². The van der Waals surface area contributed by atoms with E-state index in [1.54, 1.807) is 11.8 Å². The lowest BCUT2D eigenvalue weighted by molar-refractivity contribution is -0.122. The molecule has 21 heavy (non-hydrogen) atoms. The van der Waals surface area contributed by atoms with Crippen LogP contribution in [0.25, 0.3) is 10.9 Å². The summed E-state index contributed by atoms with van der Waals surface area (Å²) in [6.45, 7) is 2.81. The van der Waals surface area contributed by atoms with Gasteiger partial charge in [-0.15, -0.1) is 24.2 Å². The summed E-state index contributed by atoms with van der Waals surface area (Å²) in [5.74, 6) is 1.86. The van der Waals surface area contributed by atoms with Gasteiger partial charge in [-0.1, -0.05) is 12.1 Å². The number of thioether (sulfide) groups is 1. The Morgan fingerprint density at radius 3 is 3.10 bits per heavy atom. The molecule has 114 valence electrons. The van der Waals surface area contributed by atoms with Crippen molar-refractivity contribution in [3.63, 3.8) is 0 Å². The largest absolute Gasteiger partial charge is 0.361 e. The Hall–Kier alpha value is -1.17. The molecule has 1 saturated heterocycles. The van der Waals surface area contributed by atoms with Gasteiger partial charge in [-0.05, 0) is 30.5 Å². The molecule has 4 nitrogen and oxygen atoms in total. The van der Waals surface area contributed by atoms with Crippen LogP contribution >= 0.6 is 24.2 Å². The molecule has 0 saturated carbocycles. The van der Waals surface area contributed by atoms with Crippen molar-refractivity contribution in [2.24, 2.45) is 0 Å². The second-order valence-corrected chi connectivity index (χ2v) is 6.15. The summed E-state index contributed by atoms with van der Waals surface area (Å²) in [5, 5.41) is 7.49. The molecule has 1 atom stereocenters. The van der Waals surface area contributed by atoms with Crippen molar-refractivity contribution in [1.29, 1.82) is 0 Å². The number of H-pyrrole nitrogens is 1. The van der Waals surface area contributed by atoms with Gasteiger partial charge in [0.2, 0.25) is 5.91 Å². The fourth-order valence-corrected chi connectivity index (χ4v) is 3.60. The second-order valence-electron chi connectivity index (χ2n) is 5.12. The highest BCUT2D eigenvalue weighted by Crippen LogP contribution is 2.22. The molecular weight excluding hydrogens is 306 g/mol. The molecule has 1 aliphatic rings. The van der Waals surface area contributed by atoms with Crippen LogP contribution in [0.5, 0.6) is 0 Å². The lowest BCUT2D eigenvalue weighted by Crippen LogP contribution is -2.42. The first-order valence-corrected chi connectivity index (χ1v) is 8.05. The SMILES string of the molecule is Cc1cccc2[nH]cc(CCNC(=O)C3CSCN3)c12.Cl. The quantitative estimate of drug-likeness (QED) is 0.808. The van der Waals surface area contributed by atoms with E-state index in [-0.39, 0.29) is 24.4 Å². The molecule has 2 heterocycles. The van der Waals surface area contributed by atoms with Crippen LogP contribution < -0.4 is 10.6 Å². The first-order chi connectivity index (χ1) is 9.75. The minimum Gasteiger partial charge on any atom is -0.361 e. The van der Waals surface area contributed by atoms with E-state index in [2.05, 4.69) is 40.7 Å². The molecule has 1 amide bonds. The number of hydrogen-bond acceptors (Lipinski definition) is 3. The molecule has 1 aromatic carbocycles. The first kappa shape index (κ1) is 16.2. The highest BCUT2D eigenvalue weighted by atomic mass is 35.5. The van der Waals surface area contributed by atoms with Crippen molar-refractivity contribution in [3.05, 3.63) is 35.5 Å². The number of nitrogens with one attached hydrogen (secondary N) is 3. The highest BCUT2D eigenvalue weighted by Gasteiger charge is 2.21. The molecule has 3 N–H and O–H groups in total. The van der Waals surface area contributed by atoms with Crippen molar-refractivity contribution in [1.82, 2.24) is 15.6 Å². The van der Waals surface area contributed by atoms with Crippen LogP contribution in [0.15, 0.2) is 24.4 Å². The average Bonchev–Trinajstić information content (AvgIpc) is 3.08. The van der Waals surface area contributed by atoms with E-state index in [0.29, 0.717) is 6.54 Å². The number of benzene rings is 1. The van der Waals surface area contributed by atoms with Gasteiger partial charge in [0, 0.05) is 35.3 Å². The summed E-state index contributed by atoms with van der Waals surface area (Å²) in [5.41, 5.74) is 3.71. The van der Waals surface area contributed by atoms with Crippen LogP contribution in [-0.4, -0.2) is 35.1 Å². The van der Waals surface area contributed by atoms with E-state index in [0.717, 1.165) is 18.1 Å². The zero-order chi connectivity index (χ0) is 13.9. The first-order valence-electron chi connectivity index (χ1n) is 6.90. The van der Waals surface area contributed by atoms with Crippen LogP contribution in [0.2, 0.25) is 0 Å². The standard InChI is InChI=1S/C15H19N3OS.ClH/c1-10-3-2-4-12-14(10)11(7-17-12)5-6-16-15(19)13-8-20-9-18-13;/h2-4,7,13,17-18H,5-6,8-9H2,1H3,(H,16,19);1H. The van der Waals surface area contributed by atoms with Crippen LogP contribution in [-0.2, 0) is 11.2 Å². The van der Waals surface area contributed by atoms with Crippen LogP contribution in [0.3, 0.4) is 0 Å². The Labute approximate surface area is 134 Å². The summed E-state index contributed by atoms with van der Waals surface area (Å²) < 4.78 is 0. The van der Waals surface area contributed by atoms with Gasteiger partial charge in [-0.25, -0.2) is 0 Å². The summed E-state index contributed by atoms with van der Waals surface area (Å²) >= 11 is 1.77. The number of rotatable bonds is 4. The van der Waals surface area contributed by atoms with Crippen molar-refractivity contribution in [2.45, 2.75) is 19.4 Å². The number of amides is 1. The average molecular weight is 326 g/mol. The molecule has 1 aromatic heterocycles. The smallest absolute Gasteiger partial charge is 0.238 e. The molecule has 3 rings (SSSR count). The van der Waals surface area contributed by atoms with E-state index in [9.17, 15) is 4.79 Å². The third kappa shape index (κ3) is 3.54. The van der Waals surface area contributed by atoms with Gasteiger partial charge in [-0.3, -0.25) is 10.1 Å². The van der Waals surface area contributed by atoms with Crippen molar-refractivity contribution in [3.8, 4) is 0 Å². The normalized spacial score (nSPS) is 17.7. The van der Waals surface area contributed by atoms with E-state index in [1.807, 2.05) is 6.20 Å². The minimum atomic E-state index is -0.0234. The summed E-state index contributed by atoms with van der Waals surface area (Å²) in [7, 11) is 0. The predicted molar refractivity (Wildman–Crippen MR) is 91.2 cm³/mol. The Balaban J connectivity index is 0.00000161. The predicted octanol–water partition coefficient (Wildman–Crippen LogP) is 2.22. The van der Waals surface area contributed by atoms with E-state index >= 15 is 0 Å². The second kappa shape index (κ2) is 7.20. The molecule has 1 fully saturated rings. The van der Waals surface area contributed by atoms with Gasteiger partial charge in [0.1, 0.15) is 0 Å². The lowest BCUT2D eigenvalue weighted by Gasteiger charge is -2.10. The van der Waals surface area contributed by atoms with Crippen LogP contribution in [0.1, 0.15) is 11.1 Å². The maximum Gasteiger partial charge on any atom is 0.238 e. The van der Waals surface area contributed by atoms with Gasteiger partial charge >= 0.3 is 0 Å². The van der Waals surface area contributed by atoms with Crippen molar-refractivity contribution in [2.75, 3.05) is 18.2 Å². The minimum absolute atomic E-state index is 0. The molecular formula is C15H20ClN3OS. The maximum absolute atomic E-state index is 11.9. The third-order valence-corrected chi connectivity index (χ3v) is 4.66. The molecule has 0 radical (unpaired) electrons. The number of aromatic amines is 1. The fourth-order valence-electron chi connectivity index (χ4n) is 2.66. The molecule has 2 aromatic rings. The molecule has 6 heteroatoms. The number of halogens is 1. The number of aryl methyl sites for hydroxylation is 1. The maximum atomic E-state index is 11.9. The van der Waals surface area contributed by atoms with Gasteiger partial charge in [0.05, 0.1) is 6.04 Å². The van der Waals surface area contributed by atoms with E-state index in [4.69, 9.17) is 0 Å². The third-order valence-electron chi connectivity index (χ3n) is 3.72. The van der Waals surface area contributed by atoms with Gasteiger partial charge < -0.3 is 10.3 Å². The molecule has 1 aliphatic heterocycles. The Morgan fingerprint density at radius 1 is 1.48 bits per heavy atom. The summed E-state index contributed by atoms with van der Waals surface area (Å²) in [4.78, 5) is 15.2. The molecule has 0 aliphatic carbocycles. The number of aromatic nitrogens is 1. The summed E-state index contributed by atoms with van der Waals surface area (Å²) in [6.07, 6.45) is 2.91. The lowest BCUT2D eigenvalue weighted by atomic mass is 10.1. The van der Waals surface area contributed by atoms with Gasteiger partial charge in [0.15, 0.2) is 0 Å². The van der Waals surface area contributed by atoms with Crippen molar-refractivity contribution < 1.29 is 4.79 Å². The number of carbonyl (C=O) groups excluding carboxylic acids is 1. The fraction of sp³-hybridized carbons (Fsp3) is 0.400. The highest BCUT2D eigenvalue weighted by molar-refractivity contribution is 7.99. The van der Waals surface area contributed by atoms with E-state index < -0.39 is 0 Å². The Bertz CT molecular complexity index is 622. The topological polar surface area (TPSA) is 56.9 Å². The molecule has 1 unspecified atom stereocenters. The van der Waals surface area contributed by atoms with Crippen LogP contribution in [0, 0.1) is 6.92 Å². The molecule has 0 bridgehead atoms. The van der Waals surface area contributed by atoms with Gasteiger partial charge in [0.25, 0.3) is 0 Å². The monoisotopic (exact) mass is 325 g/mol. The molecule has 0 spiro atoms. The zero-order valence-corrected chi connectivity index (χ0v) is 13.6. The summed E-state index contributed by atoms with van der Waals surface area (Å²) in [6, 6.07) is 6.25. The van der Waals surface area contributed by atoms with Gasteiger partial charge in [-0.2, -0.15) is 0 Å². The number of hydrogen-bond donors (Lipinski definition) is 3. The Morgan fingerprint density at radius 2 is 2.33 bits per heavy atom. The van der Waals surface area contributed by atoms with Crippen LogP contribution in [0.4, 0.5) is 0 Å². The number of carbonyl (C=O) groups is 1. The van der Waals surface area contributed by atoms with Crippen molar-refractivity contribution >= 4 is 41.0 Å².